The van der Waals surface area contributed by atoms with Crippen LogP contribution >= 0.6 is 38.5 Å². The second-order valence-corrected chi connectivity index (χ2v) is 3.68. The lowest BCUT2D eigenvalue weighted by Gasteiger charge is -1.97. The molecule has 1 N–H and O–H groups in total. The number of benzene rings is 1. The number of hydrogen-bond donors (Lipinski definition) is 1. The molecule has 0 spiro atoms. The van der Waals surface area contributed by atoms with Gasteiger partial charge in [0, 0.05) is 9.64 Å². The van der Waals surface area contributed by atoms with Crippen molar-refractivity contribution in [3.63, 3.8) is 0 Å². The molecule has 0 aliphatic carbocycles. The highest BCUT2D eigenvalue weighted by Gasteiger charge is 2.04. The Balaban J connectivity index is 3.31. The van der Waals surface area contributed by atoms with Crippen LogP contribution in [0.4, 0.5) is 4.39 Å². The summed E-state index contributed by atoms with van der Waals surface area (Å²) in [6.45, 7) is 0. The standard InChI is InChI=1S/C6H3BrFIO/c7-6-4(8)1-3(10)2-5(6)9/h1-2,10H. The highest BCUT2D eigenvalue weighted by Crippen LogP contribution is 2.26. The second kappa shape index (κ2) is 3.04. The van der Waals surface area contributed by atoms with E-state index in [4.69, 9.17) is 5.11 Å². The zero-order valence-corrected chi connectivity index (χ0v) is 8.48. The fourth-order valence-electron chi connectivity index (χ4n) is 0.542. The molecule has 0 fully saturated rings. The minimum absolute atomic E-state index is 0.0508. The van der Waals surface area contributed by atoms with Gasteiger partial charge >= 0.3 is 0 Å². The van der Waals surface area contributed by atoms with Crippen molar-refractivity contribution in [1.82, 2.24) is 0 Å². The lowest BCUT2D eigenvalue weighted by Crippen LogP contribution is -1.80. The van der Waals surface area contributed by atoms with Gasteiger partial charge in [-0.25, -0.2) is 4.39 Å². The molecule has 4 heteroatoms. The molecule has 0 saturated heterocycles. The third-order valence-electron chi connectivity index (χ3n) is 0.969. The third kappa shape index (κ3) is 1.60. The zero-order chi connectivity index (χ0) is 7.72. The quantitative estimate of drug-likeness (QED) is 0.576. The van der Waals surface area contributed by atoms with Crippen LogP contribution in [0, 0.1) is 9.39 Å². The summed E-state index contributed by atoms with van der Waals surface area (Å²) in [6, 6.07) is 2.54. The zero-order valence-electron chi connectivity index (χ0n) is 4.74. The molecule has 0 heterocycles. The van der Waals surface area contributed by atoms with Crippen LogP contribution in [0.2, 0.25) is 0 Å². The van der Waals surface area contributed by atoms with E-state index in [1.165, 1.54) is 6.07 Å². The van der Waals surface area contributed by atoms with Crippen molar-refractivity contribution in [2.75, 3.05) is 0 Å². The summed E-state index contributed by atoms with van der Waals surface area (Å²) in [5, 5.41) is 8.85. The van der Waals surface area contributed by atoms with Gasteiger partial charge in [-0.3, -0.25) is 0 Å². The van der Waals surface area contributed by atoms with Gasteiger partial charge in [0.25, 0.3) is 0 Å². The Bertz CT molecular complexity index is 241. The fourth-order valence-corrected chi connectivity index (χ4v) is 1.35. The van der Waals surface area contributed by atoms with E-state index in [2.05, 4.69) is 15.9 Å². The van der Waals surface area contributed by atoms with Crippen LogP contribution in [0.1, 0.15) is 0 Å². The first-order chi connectivity index (χ1) is 4.61. The number of phenolic OH excluding ortho intramolecular Hbond substituents is 1. The molecule has 0 saturated carbocycles. The Morgan fingerprint density at radius 1 is 1.50 bits per heavy atom. The van der Waals surface area contributed by atoms with Gasteiger partial charge in [-0.2, -0.15) is 0 Å². The highest BCUT2D eigenvalue weighted by molar-refractivity contribution is 14.1. The Morgan fingerprint density at radius 2 is 2.10 bits per heavy atom. The van der Waals surface area contributed by atoms with E-state index in [0.717, 1.165) is 6.07 Å². The largest absolute Gasteiger partial charge is 0.508 e. The molecule has 0 radical (unpaired) electrons. The summed E-state index contributed by atoms with van der Waals surface area (Å²) in [5.74, 6) is -0.491. The smallest absolute Gasteiger partial charge is 0.142 e. The SMILES string of the molecule is Oc1cc(F)c(Br)c(I)c1. The number of halogens is 3. The van der Waals surface area contributed by atoms with E-state index in [9.17, 15) is 4.39 Å². The van der Waals surface area contributed by atoms with Gasteiger partial charge in [-0.15, -0.1) is 0 Å². The molecule has 10 heavy (non-hydrogen) atoms. The molecule has 0 atom stereocenters. The molecule has 1 aromatic rings. The molecule has 1 rings (SSSR count). The van der Waals surface area contributed by atoms with Gasteiger partial charge in [-0.05, 0) is 44.6 Å². The van der Waals surface area contributed by atoms with Crippen LogP contribution in [0.25, 0.3) is 0 Å². The average molecular weight is 317 g/mol. The number of hydrogen-bond acceptors (Lipinski definition) is 1. The van der Waals surface area contributed by atoms with Crippen molar-refractivity contribution in [2.24, 2.45) is 0 Å². The van der Waals surface area contributed by atoms with Crippen molar-refractivity contribution < 1.29 is 9.50 Å². The molecule has 0 amide bonds. The van der Waals surface area contributed by atoms with Gasteiger partial charge in [-0.1, -0.05) is 0 Å². The summed E-state index contributed by atoms with van der Waals surface area (Å²) in [6.07, 6.45) is 0. The molecule has 1 aromatic carbocycles. The molecule has 1 nitrogen and oxygen atoms in total. The summed E-state index contributed by atoms with van der Waals surface area (Å²) >= 11 is 4.95. The fraction of sp³-hybridized carbons (Fsp3) is 0. The van der Waals surface area contributed by atoms with Crippen molar-refractivity contribution in [3.05, 3.63) is 26.0 Å². The van der Waals surface area contributed by atoms with Gasteiger partial charge in [0.2, 0.25) is 0 Å². The van der Waals surface area contributed by atoms with Crippen LogP contribution in [0.3, 0.4) is 0 Å². The van der Waals surface area contributed by atoms with E-state index in [0.29, 0.717) is 8.04 Å². The first kappa shape index (κ1) is 8.26. The predicted octanol–water partition coefficient (Wildman–Crippen LogP) is 2.90. The molecule has 0 aliphatic heterocycles. The molecule has 0 unspecified atom stereocenters. The maximum absolute atomic E-state index is 12.6. The van der Waals surface area contributed by atoms with Crippen LogP contribution < -0.4 is 0 Å². The highest BCUT2D eigenvalue weighted by atomic mass is 127. The van der Waals surface area contributed by atoms with Gasteiger partial charge in [0.05, 0.1) is 4.47 Å². The van der Waals surface area contributed by atoms with E-state index < -0.39 is 5.82 Å². The summed E-state index contributed by atoms with van der Waals surface area (Å²) < 4.78 is 13.7. The monoisotopic (exact) mass is 316 g/mol. The van der Waals surface area contributed by atoms with E-state index in [1.54, 1.807) is 0 Å². The molecular formula is C6H3BrFIO. The summed E-state index contributed by atoms with van der Waals surface area (Å²) in [4.78, 5) is 0. The Kier molecular flexibility index (Phi) is 2.51. The molecule has 54 valence electrons. The molecule has 0 aliphatic rings. The lowest BCUT2D eigenvalue weighted by molar-refractivity contribution is 0.468. The van der Waals surface area contributed by atoms with Crippen LogP contribution in [-0.4, -0.2) is 5.11 Å². The van der Waals surface area contributed by atoms with Gasteiger partial charge in [0.1, 0.15) is 11.6 Å². The van der Waals surface area contributed by atoms with Crippen molar-refractivity contribution in [3.8, 4) is 5.75 Å². The van der Waals surface area contributed by atoms with Crippen LogP contribution in [0.5, 0.6) is 5.75 Å². The maximum Gasteiger partial charge on any atom is 0.142 e. The first-order valence-electron chi connectivity index (χ1n) is 2.45. The predicted molar refractivity (Wildman–Crippen MR) is 48.5 cm³/mol. The summed E-state index contributed by atoms with van der Waals surface area (Å²) in [5.41, 5.74) is 0. The lowest BCUT2D eigenvalue weighted by atomic mass is 10.3. The van der Waals surface area contributed by atoms with Crippen LogP contribution in [-0.2, 0) is 0 Å². The van der Waals surface area contributed by atoms with E-state index >= 15 is 0 Å². The first-order valence-corrected chi connectivity index (χ1v) is 4.32. The second-order valence-electron chi connectivity index (χ2n) is 1.72. The Morgan fingerprint density at radius 3 is 2.60 bits per heavy atom. The van der Waals surface area contributed by atoms with Gasteiger partial charge < -0.3 is 5.11 Å². The number of phenols is 1. The molecule has 0 aromatic heterocycles. The third-order valence-corrected chi connectivity index (χ3v) is 3.37. The minimum Gasteiger partial charge on any atom is -0.508 e. The van der Waals surface area contributed by atoms with Crippen molar-refractivity contribution in [2.45, 2.75) is 0 Å². The molecular weight excluding hydrogens is 314 g/mol. The average Bonchev–Trinajstić information content (AvgIpc) is 1.82. The normalized spacial score (nSPS) is 9.90. The Labute approximate surface area is 79.5 Å². The minimum atomic E-state index is -0.440. The number of rotatable bonds is 0. The van der Waals surface area contributed by atoms with Crippen LogP contribution in [0.15, 0.2) is 16.6 Å². The topological polar surface area (TPSA) is 20.2 Å². The number of aromatic hydroxyl groups is 1. The van der Waals surface area contributed by atoms with E-state index in [1.807, 2.05) is 22.6 Å². The maximum atomic E-state index is 12.6. The van der Waals surface area contributed by atoms with Gasteiger partial charge in [0.15, 0.2) is 0 Å². The molecule has 0 bridgehead atoms. The van der Waals surface area contributed by atoms with Crippen molar-refractivity contribution in [1.29, 1.82) is 0 Å². The Hall–Kier alpha value is 0.160. The van der Waals surface area contributed by atoms with Crippen molar-refractivity contribution >= 4 is 38.5 Å². The van der Waals surface area contributed by atoms with E-state index in [-0.39, 0.29) is 5.75 Å². The summed E-state index contributed by atoms with van der Waals surface area (Å²) in [7, 11) is 0.